The molecule has 2 rings (SSSR count). The molecule has 0 fully saturated rings. The number of nitrogens with one attached hydrogen (secondary N) is 1. The molecule has 0 atom stereocenters. The maximum absolute atomic E-state index is 11.8. The van der Waals surface area contributed by atoms with Gasteiger partial charge in [0.15, 0.2) is 5.69 Å². The Kier molecular flexibility index (Phi) is 4.89. The number of carbonyl (C=O) groups is 2. The second kappa shape index (κ2) is 6.85. The normalized spacial score (nSPS) is 10.2. The first-order valence-corrected chi connectivity index (χ1v) is 6.51. The van der Waals surface area contributed by atoms with E-state index in [0.29, 0.717) is 17.3 Å². The molecule has 0 spiro atoms. The number of para-hydroxylation sites is 1. The molecule has 110 valence electrons. The molecule has 7 nitrogen and oxygen atoms in total. The van der Waals surface area contributed by atoms with Crippen LogP contribution in [0.2, 0.25) is 5.02 Å². The summed E-state index contributed by atoms with van der Waals surface area (Å²) < 4.78 is 5.92. The summed E-state index contributed by atoms with van der Waals surface area (Å²) >= 11 is 5.95. The largest absolute Gasteiger partial charge is 0.464 e. The van der Waals surface area contributed by atoms with Gasteiger partial charge in [-0.1, -0.05) is 28.9 Å². The van der Waals surface area contributed by atoms with Gasteiger partial charge in [-0.05, 0) is 12.1 Å². The van der Waals surface area contributed by atoms with E-state index in [0.717, 1.165) is 0 Å². The van der Waals surface area contributed by atoms with Crippen LogP contribution in [0.5, 0.6) is 0 Å². The molecular formula is C13H13ClN4O3. The van der Waals surface area contributed by atoms with E-state index in [1.807, 2.05) is 0 Å². The molecule has 0 aliphatic carbocycles. The van der Waals surface area contributed by atoms with Gasteiger partial charge in [0, 0.05) is 6.42 Å². The van der Waals surface area contributed by atoms with Crippen LogP contribution in [0.25, 0.3) is 0 Å². The van der Waals surface area contributed by atoms with Crippen LogP contribution in [-0.2, 0) is 16.1 Å². The molecule has 0 saturated carbocycles. The Labute approximate surface area is 125 Å². The van der Waals surface area contributed by atoms with Crippen molar-refractivity contribution >= 4 is 29.2 Å². The SMILES string of the molecule is COC(=O)c1cn(CCC(=O)Nc2ccccc2Cl)nn1. The van der Waals surface area contributed by atoms with Gasteiger partial charge in [0.05, 0.1) is 30.6 Å². The van der Waals surface area contributed by atoms with E-state index in [1.165, 1.54) is 18.0 Å². The predicted octanol–water partition coefficient (Wildman–Crippen LogP) is 1.75. The molecule has 1 N–H and O–H groups in total. The van der Waals surface area contributed by atoms with Crippen molar-refractivity contribution in [2.24, 2.45) is 0 Å². The number of hydrogen-bond donors (Lipinski definition) is 1. The molecule has 1 aromatic carbocycles. The van der Waals surface area contributed by atoms with E-state index < -0.39 is 5.97 Å². The number of carbonyl (C=O) groups excluding carboxylic acids is 2. The van der Waals surface area contributed by atoms with Gasteiger partial charge in [-0.15, -0.1) is 5.10 Å². The van der Waals surface area contributed by atoms with Gasteiger partial charge >= 0.3 is 5.97 Å². The van der Waals surface area contributed by atoms with Gasteiger partial charge in [0.25, 0.3) is 0 Å². The highest BCUT2D eigenvalue weighted by molar-refractivity contribution is 6.33. The van der Waals surface area contributed by atoms with Gasteiger partial charge in [0.1, 0.15) is 0 Å². The average Bonchev–Trinajstić information content (AvgIpc) is 2.96. The number of aryl methyl sites for hydroxylation is 1. The molecule has 0 aliphatic heterocycles. The molecule has 0 radical (unpaired) electrons. The summed E-state index contributed by atoms with van der Waals surface area (Å²) in [5.41, 5.74) is 0.655. The van der Waals surface area contributed by atoms with Crippen molar-refractivity contribution in [3.05, 3.63) is 41.2 Å². The number of amides is 1. The maximum atomic E-state index is 11.8. The molecule has 0 unspecified atom stereocenters. The third-order valence-electron chi connectivity index (χ3n) is 2.65. The quantitative estimate of drug-likeness (QED) is 0.850. The summed E-state index contributed by atoms with van der Waals surface area (Å²) in [7, 11) is 1.26. The van der Waals surface area contributed by atoms with E-state index in [9.17, 15) is 9.59 Å². The number of hydrogen-bond acceptors (Lipinski definition) is 5. The first-order valence-electron chi connectivity index (χ1n) is 6.13. The summed E-state index contributed by atoms with van der Waals surface area (Å²) in [5.74, 6) is -0.778. The number of ether oxygens (including phenoxy) is 1. The van der Waals surface area contributed by atoms with Crippen molar-refractivity contribution in [2.45, 2.75) is 13.0 Å². The highest BCUT2D eigenvalue weighted by atomic mass is 35.5. The number of anilines is 1. The summed E-state index contributed by atoms with van der Waals surface area (Å²) in [6.07, 6.45) is 1.60. The van der Waals surface area contributed by atoms with E-state index in [4.69, 9.17) is 11.6 Å². The molecule has 0 aliphatic rings. The number of esters is 1. The molecular weight excluding hydrogens is 296 g/mol. The number of rotatable bonds is 5. The lowest BCUT2D eigenvalue weighted by Gasteiger charge is -2.06. The summed E-state index contributed by atoms with van der Waals surface area (Å²) in [6, 6.07) is 6.96. The Morgan fingerprint density at radius 1 is 1.38 bits per heavy atom. The fraction of sp³-hybridized carbons (Fsp3) is 0.231. The van der Waals surface area contributed by atoms with Crippen molar-refractivity contribution in [1.82, 2.24) is 15.0 Å². The van der Waals surface area contributed by atoms with Crippen molar-refractivity contribution in [3.8, 4) is 0 Å². The summed E-state index contributed by atoms with van der Waals surface area (Å²) in [5, 5.41) is 10.6. The molecule has 21 heavy (non-hydrogen) atoms. The third-order valence-corrected chi connectivity index (χ3v) is 2.98. The minimum Gasteiger partial charge on any atom is -0.464 e. The zero-order valence-corrected chi connectivity index (χ0v) is 12.0. The monoisotopic (exact) mass is 308 g/mol. The van der Waals surface area contributed by atoms with Crippen LogP contribution in [0.15, 0.2) is 30.5 Å². The number of benzene rings is 1. The predicted molar refractivity (Wildman–Crippen MR) is 76.1 cm³/mol. The first-order chi connectivity index (χ1) is 10.1. The highest BCUT2D eigenvalue weighted by Crippen LogP contribution is 2.20. The third kappa shape index (κ3) is 4.03. The van der Waals surface area contributed by atoms with Crippen LogP contribution in [-0.4, -0.2) is 34.0 Å². The molecule has 1 heterocycles. The van der Waals surface area contributed by atoms with Crippen LogP contribution in [0, 0.1) is 0 Å². The molecule has 2 aromatic rings. The van der Waals surface area contributed by atoms with Crippen molar-refractivity contribution < 1.29 is 14.3 Å². The number of aromatic nitrogens is 3. The lowest BCUT2D eigenvalue weighted by molar-refractivity contribution is -0.116. The molecule has 1 amide bonds. The lowest BCUT2D eigenvalue weighted by Crippen LogP contribution is -2.15. The van der Waals surface area contributed by atoms with Crippen LogP contribution < -0.4 is 5.32 Å². The van der Waals surface area contributed by atoms with Crippen LogP contribution in [0.1, 0.15) is 16.9 Å². The van der Waals surface area contributed by atoms with Gasteiger partial charge < -0.3 is 10.1 Å². The number of methoxy groups -OCH3 is 1. The Morgan fingerprint density at radius 2 is 2.14 bits per heavy atom. The fourth-order valence-electron chi connectivity index (χ4n) is 1.60. The van der Waals surface area contributed by atoms with E-state index >= 15 is 0 Å². The molecule has 0 saturated heterocycles. The van der Waals surface area contributed by atoms with Crippen molar-refractivity contribution in [3.63, 3.8) is 0 Å². The van der Waals surface area contributed by atoms with Gasteiger partial charge in [0.2, 0.25) is 5.91 Å². The second-order valence-corrected chi connectivity index (χ2v) is 4.54. The van der Waals surface area contributed by atoms with E-state index in [2.05, 4.69) is 20.4 Å². The second-order valence-electron chi connectivity index (χ2n) is 4.14. The lowest BCUT2D eigenvalue weighted by atomic mass is 10.3. The van der Waals surface area contributed by atoms with Gasteiger partial charge in [-0.3, -0.25) is 9.48 Å². The van der Waals surface area contributed by atoms with Gasteiger partial charge in [-0.25, -0.2) is 4.79 Å². The molecule has 1 aromatic heterocycles. The number of halogens is 1. The highest BCUT2D eigenvalue weighted by Gasteiger charge is 2.11. The summed E-state index contributed by atoms with van der Waals surface area (Å²) in [4.78, 5) is 23.0. The molecule has 0 bridgehead atoms. The van der Waals surface area contributed by atoms with E-state index in [1.54, 1.807) is 24.3 Å². The topological polar surface area (TPSA) is 86.1 Å². The van der Waals surface area contributed by atoms with Crippen molar-refractivity contribution in [2.75, 3.05) is 12.4 Å². The van der Waals surface area contributed by atoms with Gasteiger partial charge in [-0.2, -0.15) is 0 Å². The first kappa shape index (κ1) is 15.0. The maximum Gasteiger partial charge on any atom is 0.360 e. The fourth-order valence-corrected chi connectivity index (χ4v) is 1.78. The number of nitrogens with zero attached hydrogens (tertiary/aromatic N) is 3. The standard InChI is InChI=1S/C13H13ClN4O3/c1-21-13(20)11-8-18(17-16-11)7-6-12(19)15-10-5-3-2-4-9(10)14/h2-5,8H,6-7H2,1H3,(H,15,19). The Bertz CT molecular complexity index is 656. The van der Waals surface area contributed by atoms with Crippen LogP contribution >= 0.6 is 11.6 Å². The van der Waals surface area contributed by atoms with Crippen molar-refractivity contribution in [1.29, 1.82) is 0 Å². The minimum atomic E-state index is -0.568. The zero-order valence-electron chi connectivity index (χ0n) is 11.2. The smallest absolute Gasteiger partial charge is 0.360 e. The minimum absolute atomic E-state index is 0.101. The zero-order chi connectivity index (χ0) is 15.2. The van der Waals surface area contributed by atoms with Crippen LogP contribution in [0.3, 0.4) is 0 Å². The molecule has 8 heteroatoms. The Balaban J connectivity index is 1.88. The van der Waals surface area contributed by atoms with E-state index in [-0.39, 0.29) is 18.0 Å². The Hall–Kier alpha value is -2.41. The summed E-state index contributed by atoms with van der Waals surface area (Å²) in [6.45, 7) is 0.292. The van der Waals surface area contributed by atoms with Crippen LogP contribution in [0.4, 0.5) is 5.69 Å². The average molecular weight is 309 g/mol. The Morgan fingerprint density at radius 3 is 2.86 bits per heavy atom.